The zero-order valence-corrected chi connectivity index (χ0v) is 23.3. The molecule has 1 aliphatic carbocycles. The van der Waals surface area contributed by atoms with Crippen molar-refractivity contribution in [3.63, 3.8) is 0 Å². The van der Waals surface area contributed by atoms with Crippen molar-refractivity contribution in [1.29, 1.82) is 0 Å². The maximum atomic E-state index is 5.39. The molecule has 0 saturated heterocycles. The third kappa shape index (κ3) is 5.07. The second kappa shape index (κ2) is 11.9. The van der Waals surface area contributed by atoms with Crippen LogP contribution in [0.2, 0.25) is 0 Å². The van der Waals surface area contributed by atoms with Crippen LogP contribution in [0.4, 0.5) is 0 Å². The van der Waals surface area contributed by atoms with Gasteiger partial charge in [-0.2, -0.15) is 0 Å². The van der Waals surface area contributed by atoms with Gasteiger partial charge in [0.15, 0.2) is 0 Å². The molecule has 0 unspecified atom stereocenters. The van der Waals surface area contributed by atoms with Crippen LogP contribution in [-0.2, 0) is 6.42 Å². The van der Waals surface area contributed by atoms with Crippen molar-refractivity contribution in [1.82, 2.24) is 0 Å². The second-order valence-electron chi connectivity index (χ2n) is 10.0. The summed E-state index contributed by atoms with van der Waals surface area (Å²) in [5, 5.41) is 2.70. The number of fused-ring (bicyclic) bond motifs is 3. The van der Waals surface area contributed by atoms with Gasteiger partial charge in [-0.3, -0.25) is 0 Å². The Morgan fingerprint density at radius 3 is 2.10 bits per heavy atom. The van der Waals surface area contributed by atoms with E-state index in [2.05, 4.69) is 136 Å². The van der Waals surface area contributed by atoms with Crippen LogP contribution < -0.4 is 5.73 Å². The minimum absolute atomic E-state index is 0.899. The number of benzene rings is 5. The Morgan fingerprint density at radius 2 is 1.40 bits per heavy atom. The second-order valence-corrected chi connectivity index (χ2v) is 10.0. The first-order chi connectivity index (χ1) is 19.6. The first-order valence-corrected chi connectivity index (χ1v) is 13.7. The Labute approximate surface area is 238 Å². The smallest absolute Gasteiger partial charge is 0.00203 e. The third-order valence-electron chi connectivity index (χ3n) is 7.61. The highest BCUT2D eigenvalue weighted by molar-refractivity contribution is 6.17. The molecule has 0 aliphatic heterocycles. The zero-order chi connectivity index (χ0) is 28.1. The van der Waals surface area contributed by atoms with Crippen LogP contribution in [0.1, 0.15) is 29.2 Å². The van der Waals surface area contributed by atoms with Gasteiger partial charge in [0.25, 0.3) is 0 Å². The lowest BCUT2D eigenvalue weighted by molar-refractivity contribution is 1.27. The number of hydrogen-bond acceptors (Lipinski definition) is 1. The molecule has 0 bridgehead atoms. The minimum atomic E-state index is 0.899. The predicted molar refractivity (Wildman–Crippen MR) is 176 cm³/mol. The molecule has 2 N–H and O–H groups in total. The Morgan fingerprint density at radius 1 is 0.725 bits per heavy atom. The molecule has 40 heavy (non-hydrogen) atoms. The van der Waals surface area contributed by atoms with E-state index in [1.807, 2.05) is 12.2 Å². The SMILES string of the molecule is C/C(=C\c1ccc(-c2ccc(C/C=C\C=C/N)cc2)cc1C)c1ccc2c3c(cccc13)-c1ccccc1-2.C=C. The monoisotopic (exact) mass is 517 g/mol. The fourth-order valence-corrected chi connectivity index (χ4v) is 5.66. The molecule has 0 radical (unpaired) electrons. The molecule has 0 spiro atoms. The van der Waals surface area contributed by atoms with Crippen LogP contribution in [0.3, 0.4) is 0 Å². The predicted octanol–water partition coefficient (Wildman–Crippen LogP) is 10.4. The van der Waals surface area contributed by atoms with Gasteiger partial charge in [-0.15, -0.1) is 13.2 Å². The quantitative estimate of drug-likeness (QED) is 0.133. The van der Waals surface area contributed by atoms with Crippen molar-refractivity contribution in [3.05, 3.63) is 157 Å². The van der Waals surface area contributed by atoms with E-state index in [9.17, 15) is 0 Å². The first-order valence-electron chi connectivity index (χ1n) is 13.7. The fraction of sp³-hybridized carbons (Fsp3) is 0.0769. The third-order valence-corrected chi connectivity index (χ3v) is 7.61. The standard InChI is InChI=1S/C37H31N.C2H4/c1-25-23-30(28-16-14-27(15-17-28)9-4-3-7-22-38)19-18-29(25)24-26(2)31-20-21-36-33-11-6-5-10-32(33)35-13-8-12-34(31)37(35)36;1-2/h3-8,10-24H,9,38H2,1-2H3;1-2H2/b4-3-,22-7-,26-24+;. The molecular weight excluding hydrogens is 482 g/mol. The van der Waals surface area contributed by atoms with Crippen LogP contribution in [-0.4, -0.2) is 0 Å². The largest absolute Gasteiger partial charge is 0.405 e. The lowest BCUT2D eigenvalue weighted by atomic mass is 9.92. The number of hydrogen-bond donors (Lipinski definition) is 1. The summed E-state index contributed by atoms with van der Waals surface area (Å²) in [7, 11) is 0. The van der Waals surface area contributed by atoms with Crippen molar-refractivity contribution in [2.24, 2.45) is 5.73 Å². The average molecular weight is 518 g/mol. The number of aryl methyl sites for hydroxylation is 1. The van der Waals surface area contributed by atoms with Gasteiger partial charge in [-0.25, -0.2) is 0 Å². The number of nitrogens with two attached hydrogens (primary N) is 1. The van der Waals surface area contributed by atoms with Gasteiger partial charge in [-0.05, 0) is 105 Å². The molecular formula is C39H35N. The molecule has 6 rings (SSSR count). The molecule has 0 fully saturated rings. The van der Waals surface area contributed by atoms with Gasteiger partial charge >= 0.3 is 0 Å². The van der Waals surface area contributed by atoms with Gasteiger partial charge in [0.2, 0.25) is 0 Å². The summed E-state index contributed by atoms with van der Waals surface area (Å²) in [5.74, 6) is 0. The van der Waals surface area contributed by atoms with E-state index in [-0.39, 0.29) is 0 Å². The Hall–Kier alpha value is -4.88. The fourth-order valence-electron chi connectivity index (χ4n) is 5.66. The van der Waals surface area contributed by atoms with Crippen molar-refractivity contribution in [2.45, 2.75) is 20.3 Å². The summed E-state index contributed by atoms with van der Waals surface area (Å²) >= 11 is 0. The molecule has 0 amide bonds. The van der Waals surface area contributed by atoms with Gasteiger partial charge in [-0.1, -0.05) is 115 Å². The Bertz CT molecular complexity index is 1730. The van der Waals surface area contributed by atoms with E-state index in [1.54, 1.807) is 6.20 Å². The van der Waals surface area contributed by atoms with Crippen molar-refractivity contribution in [2.75, 3.05) is 0 Å². The molecule has 5 aromatic rings. The maximum absolute atomic E-state index is 5.39. The Balaban J connectivity index is 0.00000158. The number of rotatable bonds is 6. The molecule has 0 saturated carbocycles. The van der Waals surface area contributed by atoms with E-state index in [0.29, 0.717) is 0 Å². The minimum Gasteiger partial charge on any atom is -0.405 e. The van der Waals surface area contributed by atoms with Crippen LogP contribution in [0, 0.1) is 6.92 Å². The summed E-state index contributed by atoms with van der Waals surface area (Å²) in [5.41, 5.74) is 19.6. The summed E-state index contributed by atoms with van der Waals surface area (Å²) in [6.45, 7) is 10.4. The van der Waals surface area contributed by atoms with Crippen LogP contribution in [0.25, 0.3) is 55.8 Å². The van der Waals surface area contributed by atoms with E-state index >= 15 is 0 Å². The molecule has 0 atom stereocenters. The molecule has 1 aliphatic rings. The molecule has 0 heterocycles. The van der Waals surface area contributed by atoms with Gasteiger partial charge in [0.1, 0.15) is 0 Å². The lowest BCUT2D eigenvalue weighted by Gasteiger charge is -2.12. The molecule has 0 aromatic heterocycles. The average Bonchev–Trinajstić information content (AvgIpc) is 3.33. The normalized spacial score (nSPS) is 12.1. The molecule has 1 heteroatoms. The summed E-state index contributed by atoms with van der Waals surface area (Å²) in [6.07, 6.45) is 10.7. The van der Waals surface area contributed by atoms with Crippen molar-refractivity contribution in [3.8, 4) is 33.4 Å². The molecule has 1 nitrogen and oxygen atoms in total. The highest BCUT2D eigenvalue weighted by Crippen LogP contribution is 2.48. The lowest BCUT2D eigenvalue weighted by Crippen LogP contribution is -1.88. The first kappa shape index (κ1) is 26.7. The summed E-state index contributed by atoms with van der Waals surface area (Å²) in [6, 6.07) is 35.7. The van der Waals surface area contributed by atoms with Crippen LogP contribution in [0.15, 0.2) is 135 Å². The zero-order valence-electron chi connectivity index (χ0n) is 23.3. The molecule has 5 aromatic carbocycles. The summed E-state index contributed by atoms with van der Waals surface area (Å²) < 4.78 is 0. The highest BCUT2D eigenvalue weighted by Gasteiger charge is 2.21. The summed E-state index contributed by atoms with van der Waals surface area (Å²) in [4.78, 5) is 0. The van der Waals surface area contributed by atoms with E-state index < -0.39 is 0 Å². The Kier molecular flexibility index (Phi) is 7.94. The highest BCUT2D eigenvalue weighted by atomic mass is 14.5. The van der Waals surface area contributed by atoms with Gasteiger partial charge in [0, 0.05) is 0 Å². The van der Waals surface area contributed by atoms with E-state index in [4.69, 9.17) is 5.73 Å². The van der Waals surface area contributed by atoms with Crippen molar-refractivity contribution < 1.29 is 0 Å². The molecule has 196 valence electrons. The van der Waals surface area contributed by atoms with Gasteiger partial charge in [0.05, 0.1) is 0 Å². The van der Waals surface area contributed by atoms with E-state index in [1.165, 1.54) is 72.0 Å². The van der Waals surface area contributed by atoms with Crippen LogP contribution >= 0.6 is 0 Å². The topological polar surface area (TPSA) is 26.0 Å². The maximum Gasteiger partial charge on any atom is -0.00203 e. The van der Waals surface area contributed by atoms with Crippen LogP contribution in [0.5, 0.6) is 0 Å². The number of allylic oxidation sites excluding steroid dienone is 4. The van der Waals surface area contributed by atoms with Gasteiger partial charge < -0.3 is 5.73 Å². The van der Waals surface area contributed by atoms with Crippen molar-refractivity contribution >= 4 is 22.4 Å². The van der Waals surface area contributed by atoms with E-state index in [0.717, 1.165) is 6.42 Å².